The fourth-order valence-corrected chi connectivity index (χ4v) is 2.35. The van der Waals surface area contributed by atoms with Crippen molar-refractivity contribution >= 4 is 5.97 Å². The van der Waals surface area contributed by atoms with Gasteiger partial charge in [0.25, 0.3) is 0 Å². The highest BCUT2D eigenvalue weighted by Gasteiger charge is 2.13. The molecule has 0 N–H and O–H groups in total. The maximum Gasteiger partial charge on any atom is 0.330 e. The van der Waals surface area contributed by atoms with E-state index in [0.717, 1.165) is 51.4 Å². The summed E-state index contributed by atoms with van der Waals surface area (Å²) in [5, 5.41) is 0. The molecule has 0 aromatic heterocycles. The van der Waals surface area contributed by atoms with Gasteiger partial charge in [-0.3, -0.25) is 0 Å². The Kier molecular flexibility index (Phi) is 18.4. The number of carbonyl (C=O) groups is 1. The lowest BCUT2D eigenvalue weighted by Gasteiger charge is -2.17. The highest BCUT2D eigenvalue weighted by molar-refractivity contribution is 5.82. The molecule has 0 aliphatic rings. The summed E-state index contributed by atoms with van der Waals surface area (Å²) in [4.78, 5) is 11.5. The van der Waals surface area contributed by atoms with Crippen LogP contribution < -0.4 is 0 Å². The smallest absolute Gasteiger partial charge is 0.330 e. The normalized spacial score (nSPS) is 13.6. The van der Waals surface area contributed by atoms with Crippen LogP contribution in [0.25, 0.3) is 0 Å². The van der Waals surface area contributed by atoms with Gasteiger partial charge in [0.05, 0.1) is 0 Å². The molecular weight excluding hydrogens is 368 g/mol. The molecule has 2 heteroatoms. The molecule has 0 heterocycles. The second-order valence-electron chi connectivity index (χ2n) is 7.93. The summed E-state index contributed by atoms with van der Waals surface area (Å²) in [6.45, 7) is 7.77. The monoisotopic (exact) mass is 410 g/mol. The Bertz CT molecular complexity index is 620. The van der Waals surface area contributed by atoms with Crippen LogP contribution in [0.4, 0.5) is 0 Å². The molecule has 0 spiro atoms. The first-order valence-corrected chi connectivity index (χ1v) is 11.2. The van der Waals surface area contributed by atoms with Crippen molar-refractivity contribution in [1.82, 2.24) is 0 Å². The first kappa shape index (κ1) is 27.6. The Morgan fingerprint density at radius 1 is 0.600 bits per heavy atom. The van der Waals surface area contributed by atoms with E-state index in [2.05, 4.69) is 79.8 Å². The lowest BCUT2D eigenvalue weighted by atomic mass is 10.2. The van der Waals surface area contributed by atoms with E-state index < -0.39 is 5.60 Å². The van der Waals surface area contributed by atoms with Crippen molar-refractivity contribution in [2.24, 2.45) is 0 Å². The zero-order valence-corrected chi connectivity index (χ0v) is 19.6. The van der Waals surface area contributed by atoms with Crippen LogP contribution in [-0.4, -0.2) is 11.6 Å². The maximum absolute atomic E-state index is 11.5. The minimum atomic E-state index is -0.428. The Balaban J connectivity index is 3.64. The number of ether oxygens (including phenoxy) is 1. The lowest BCUT2D eigenvalue weighted by molar-refractivity contribution is -0.148. The van der Waals surface area contributed by atoms with E-state index in [1.165, 1.54) is 6.08 Å². The van der Waals surface area contributed by atoms with Crippen molar-refractivity contribution in [3.05, 3.63) is 85.1 Å². The topological polar surface area (TPSA) is 26.3 Å². The van der Waals surface area contributed by atoms with Crippen LogP contribution >= 0.6 is 0 Å². The molecule has 0 fully saturated rings. The van der Waals surface area contributed by atoms with E-state index in [4.69, 9.17) is 4.74 Å². The quantitative estimate of drug-likeness (QED) is 0.117. The van der Waals surface area contributed by atoms with Gasteiger partial charge in [0.2, 0.25) is 0 Å². The number of hydrogen-bond acceptors (Lipinski definition) is 2. The Morgan fingerprint density at radius 2 is 0.967 bits per heavy atom. The first-order valence-electron chi connectivity index (χ1n) is 11.2. The Hall–Kier alpha value is -2.35. The van der Waals surface area contributed by atoms with Crippen molar-refractivity contribution in [1.29, 1.82) is 0 Å². The molecule has 0 saturated heterocycles. The van der Waals surface area contributed by atoms with E-state index in [1.54, 1.807) is 0 Å². The molecule has 30 heavy (non-hydrogen) atoms. The van der Waals surface area contributed by atoms with Gasteiger partial charge in [-0.15, -0.1) is 0 Å². The predicted molar refractivity (Wildman–Crippen MR) is 132 cm³/mol. The maximum atomic E-state index is 11.5. The van der Waals surface area contributed by atoms with Crippen molar-refractivity contribution in [3.8, 4) is 0 Å². The van der Waals surface area contributed by atoms with E-state index in [0.29, 0.717) is 0 Å². The number of esters is 1. The molecule has 0 rings (SSSR count). The lowest BCUT2D eigenvalue weighted by Crippen LogP contribution is -2.22. The van der Waals surface area contributed by atoms with Crippen LogP contribution in [-0.2, 0) is 9.53 Å². The summed E-state index contributed by atoms with van der Waals surface area (Å²) in [6, 6.07) is 0. The molecule has 0 aliphatic carbocycles. The molecule has 0 radical (unpaired) electrons. The van der Waals surface area contributed by atoms with E-state index in [1.807, 2.05) is 26.8 Å². The highest BCUT2D eigenvalue weighted by atomic mass is 16.6. The average molecular weight is 411 g/mol. The van der Waals surface area contributed by atoms with Gasteiger partial charge in [-0.05, 0) is 72.1 Å². The summed E-state index contributed by atoms with van der Waals surface area (Å²) in [5.74, 6) is -0.273. The molecule has 0 aromatic rings. The first-order chi connectivity index (χ1) is 14.5. The van der Waals surface area contributed by atoms with Crippen LogP contribution in [0.5, 0.6) is 0 Å². The van der Waals surface area contributed by atoms with Gasteiger partial charge in [0.15, 0.2) is 0 Å². The van der Waals surface area contributed by atoms with Gasteiger partial charge in [0, 0.05) is 6.08 Å². The fourth-order valence-electron chi connectivity index (χ4n) is 2.35. The van der Waals surface area contributed by atoms with Gasteiger partial charge in [-0.2, -0.15) is 0 Å². The Morgan fingerprint density at radius 3 is 1.37 bits per heavy atom. The third-order valence-electron chi connectivity index (χ3n) is 3.76. The highest BCUT2D eigenvalue weighted by Crippen LogP contribution is 2.07. The molecule has 0 unspecified atom stereocenters. The van der Waals surface area contributed by atoms with E-state index >= 15 is 0 Å². The minimum absolute atomic E-state index is 0.273. The Labute approximate surface area is 185 Å². The summed E-state index contributed by atoms with van der Waals surface area (Å²) in [6.07, 6.45) is 37.6. The fraction of sp³-hybridized carbons (Fsp3) is 0.464. The van der Waals surface area contributed by atoms with E-state index in [-0.39, 0.29) is 5.97 Å². The number of hydrogen-bond donors (Lipinski definition) is 0. The van der Waals surface area contributed by atoms with Crippen molar-refractivity contribution in [3.63, 3.8) is 0 Å². The van der Waals surface area contributed by atoms with Crippen LogP contribution in [0.3, 0.4) is 0 Å². The molecule has 0 amide bonds. The third-order valence-corrected chi connectivity index (χ3v) is 3.76. The number of carbonyl (C=O) groups excluding carboxylic acids is 1. The zero-order valence-electron chi connectivity index (χ0n) is 19.6. The molecule has 0 saturated carbocycles. The van der Waals surface area contributed by atoms with Crippen molar-refractivity contribution in [2.45, 2.75) is 84.7 Å². The summed E-state index contributed by atoms with van der Waals surface area (Å²) >= 11 is 0. The van der Waals surface area contributed by atoms with Gasteiger partial charge >= 0.3 is 5.97 Å². The van der Waals surface area contributed by atoms with Gasteiger partial charge in [-0.25, -0.2) is 4.79 Å². The number of allylic oxidation sites excluding steroid dienone is 13. The standard InChI is InChI=1S/C28H42O2/c1-5-6-7-8-9-10-11-12-13-14-15-16-17-18-19-20-21-22-23-24-25-26-27(29)30-28(2,3)4/h6-7,9-10,12-13,15-16,18-19,21-22,25-26H,5,8,11,14,17,20,23-24H2,1-4H3/b7-6-,10-9-,13-12-,16-15-,19-18-,22-21-,26-25+. The minimum Gasteiger partial charge on any atom is -0.457 e. The van der Waals surface area contributed by atoms with Crippen LogP contribution in [0.15, 0.2) is 85.1 Å². The van der Waals surface area contributed by atoms with Gasteiger partial charge in [0.1, 0.15) is 5.60 Å². The summed E-state index contributed by atoms with van der Waals surface area (Å²) in [7, 11) is 0. The van der Waals surface area contributed by atoms with Crippen LogP contribution in [0, 0.1) is 0 Å². The largest absolute Gasteiger partial charge is 0.457 e. The molecule has 0 aliphatic heterocycles. The average Bonchev–Trinajstić information content (AvgIpc) is 2.68. The van der Waals surface area contributed by atoms with Crippen LogP contribution in [0.1, 0.15) is 79.1 Å². The molecular formula is C28H42O2. The van der Waals surface area contributed by atoms with Crippen molar-refractivity contribution in [2.75, 3.05) is 0 Å². The molecule has 0 atom stereocenters. The zero-order chi connectivity index (χ0) is 22.3. The SMILES string of the molecule is CC/C=C\C/C=C\C/C=C\C/C=C\C/C=C\C/C=C\CC/C=C/C(=O)OC(C)(C)C. The van der Waals surface area contributed by atoms with Gasteiger partial charge < -0.3 is 4.74 Å². The molecule has 2 nitrogen and oxygen atoms in total. The molecule has 0 bridgehead atoms. The summed E-state index contributed by atoms with van der Waals surface area (Å²) in [5.41, 5.74) is -0.428. The van der Waals surface area contributed by atoms with Gasteiger partial charge in [-0.1, -0.05) is 85.9 Å². The van der Waals surface area contributed by atoms with Crippen LogP contribution in [0.2, 0.25) is 0 Å². The number of rotatable bonds is 15. The van der Waals surface area contributed by atoms with Crippen molar-refractivity contribution < 1.29 is 9.53 Å². The summed E-state index contributed by atoms with van der Waals surface area (Å²) < 4.78 is 5.21. The second kappa shape index (κ2) is 19.9. The second-order valence-corrected chi connectivity index (χ2v) is 7.93. The molecule has 166 valence electrons. The molecule has 0 aromatic carbocycles. The van der Waals surface area contributed by atoms with E-state index in [9.17, 15) is 4.79 Å². The predicted octanol–water partition coefficient (Wildman–Crippen LogP) is 8.36. The third kappa shape index (κ3) is 23.7. The number of unbranched alkanes of at least 4 members (excludes halogenated alkanes) is 1.